The van der Waals surface area contributed by atoms with Crippen molar-refractivity contribution in [2.75, 3.05) is 0 Å². The molecule has 0 amide bonds. The largest absolute Gasteiger partial charge is 0.452 e. The summed E-state index contributed by atoms with van der Waals surface area (Å²) < 4.78 is 69.7. The van der Waals surface area contributed by atoms with Crippen LogP contribution in [0.15, 0.2) is 21.0 Å². The Morgan fingerprint density at radius 1 is 0.657 bits per heavy atom. The van der Waals surface area contributed by atoms with Crippen LogP contribution in [-0.4, -0.2) is 0 Å². The maximum absolute atomic E-state index is 14.9. The van der Waals surface area contributed by atoms with Crippen molar-refractivity contribution in [1.82, 2.24) is 0 Å². The molecule has 0 radical (unpaired) electrons. The summed E-state index contributed by atoms with van der Waals surface area (Å²) >= 11 is 4.86. The molecule has 5 rings (SSSR count). The van der Waals surface area contributed by atoms with E-state index in [9.17, 15) is 33.3 Å². The number of furan rings is 2. The molecule has 3 aromatic carbocycles. The zero-order valence-electron chi connectivity index (χ0n) is 16.5. The Morgan fingerprint density at radius 2 is 1.09 bits per heavy atom. The summed E-state index contributed by atoms with van der Waals surface area (Å²) in [7, 11) is 0. The van der Waals surface area contributed by atoms with Crippen LogP contribution < -0.4 is 10.4 Å². The van der Waals surface area contributed by atoms with Gasteiger partial charge in [-0.1, -0.05) is 0 Å². The highest BCUT2D eigenvalue weighted by molar-refractivity contribution is 14.1. The summed E-state index contributed by atoms with van der Waals surface area (Å²) in [5.74, 6) is -4.92. The minimum atomic E-state index is -1.30. The van der Waals surface area contributed by atoms with Crippen molar-refractivity contribution >= 4 is 121 Å². The molecule has 0 unspecified atom stereocenters. The van der Waals surface area contributed by atoms with E-state index < -0.39 is 40.0 Å². The van der Waals surface area contributed by atoms with Crippen molar-refractivity contribution in [2.45, 2.75) is 0 Å². The van der Waals surface area contributed by atoms with Gasteiger partial charge in [0.2, 0.25) is 11.6 Å². The van der Waals surface area contributed by atoms with Gasteiger partial charge in [0.15, 0.2) is 22.8 Å². The lowest BCUT2D eigenvalue weighted by Crippen LogP contribution is -2.15. The molecule has 0 N–H and O–H groups in total. The highest BCUT2D eigenvalue weighted by Crippen LogP contribution is 2.37. The van der Waals surface area contributed by atoms with Crippen LogP contribution in [0.5, 0.6) is 0 Å². The predicted octanol–water partition coefficient (Wildman–Crippen LogP) is 6.52. The van der Waals surface area contributed by atoms with E-state index in [1.807, 2.05) is 6.07 Å². The fourth-order valence-electron chi connectivity index (χ4n) is 3.99. The molecule has 0 aliphatic carbocycles. The third kappa shape index (κ3) is 3.24. The van der Waals surface area contributed by atoms with E-state index in [0.29, 0.717) is 0 Å². The lowest BCUT2D eigenvalue weighted by molar-refractivity contribution is 0.493. The molecule has 0 aliphatic rings. The van der Waals surface area contributed by atoms with Crippen LogP contribution in [0.4, 0.5) is 17.6 Å². The maximum atomic E-state index is 14.9. The molecule has 5 aromatic rings. The molecule has 35 heavy (non-hydrogen) atoms. The lowest BCUT2D eigenvalue weighted by Gasteiger charge is -2.00. The molecule has 170 valence electrons. The summed E-state index contributed by atoms with van der Waals surface area (Å²) in [6.07, 6.45) is 0. The third-order valence-electron chi connectivity index (χ3n) is 5.38. The van der Waals surface area contributed by atoms with Crippen molar-refractivity contribution in [3.63, 3.8) is 0 Å². The minimum Gasteiger partial charge on any atom is -0.452 e. The van der Waals surface area contributed by atoms with Gasteiger partial charge in [0, 0.05) is 21.5 Å². The van der Waals surface area contributed by atoms with Crippen LogP contribution in [0.3, 0.4) is 0 Å². The van der Waals surface area contributed by atoms with Crippen LogP contribution in [0.2, 0.25) is 0 Å². The Bertz CT molecular complexity index is 2050. The fraction of sp³-hybridized carbons (Fsp3) is 0. The van der Waals surface area contributed by atoms with Crippen LogP contribution in [0.25, 0.3) is 53.0 Å². The van der Waals surface area contributed by atoms with Crippen molar-refractivity contribution in [3.05, 3.63) is 53.0 Å². The monoisotopic (exact) mass is 809 g/mol. The number of nitrogens with zero attached hydrogens (tertiary/aromatic N) is 3. The summed E-state index contributed by atoms with van der Waals surface area (Å²) in [5.41, 5.74) is -1.83. The van der Waals surface area contributed by atoms with Crippen molar-refractivity contribution in [1.29, 1.82) is 15.8 Å². The molecule has 0 saturated carbocycles. The average Bonchev–Trinajstić information content (AvgIpc) is 3.40. The van der Waals surface area contributed by atoms with Gasteiger partial charge in [-0.3, -0.25) is 0 Å². The van der Waals surface area contributed by atoms with Crippen LogP contribution in [0.1, 0.15) is 0 Å². The number of nitriles is 3. The Labute approximate surface area is 232 Å². The first-order valence-corrected chi connectivity index (χ1v) is 12.5. The molecular weight excluding hydrogens is 807 g/mol. The Kier molecular flexibility index (Phi) is 5.85. The smallest absolute Gasteiger partial charge is 0.203 e. The zero-order valence-corrected chi connectivity index (χ0v) is 22.9. The summed E-state index contributed by atoms with van der Waals surface area (Å²) in [5, 5.41) is 29.1. The molecule has 0 atom stereocenters. The van der Waals surface area contributed by atoms with Crippen LogP contribution in [0, 0.1) is 64.4 Å². The minimum absolute atomic E-state index is 0.00327. The third-order valence-corrected chi connectivity index (χ3v) is 7.73. The first-order chi connectivity index (χ1) is 16.7. The first-order valence-electron chi connectivity index (χ1n) is 9.21. The molecule has 2 heterocycles. The number of benzene rings is 3. The van der Waals surface area contributed by atoms with Crippen molar-refractivity contribution < 1.29 is 26.4 Å². The molecule has 5 nitrogen and oxygen atoms in total. The Morgan fingerprint density at radius 3 is 1.51 bits per heavy atom. The molecule has 0 aliphatic heterocycles. The average molecular weight is 809 g/mol. The van der Waals surface area contributed by atoms with Gasteiger partial charge in [0.1, 0.15) is 38.5 Å². The number of hydrogen-bond acceptors (Lipinski definition) is 5. The van der Waals surface area contributed by atoms with E-state index in [4.69, 9.17) is 8.83 Å². The second kappa shape index (κ2) is 8.50. The van der Waals surface area contributed by atoms with Gasteiger partial charge >= 0.3 is 0 Å². The topological polar surface area (TPSA) is 97.6 Å². The van der Waals surface area contributed by atoms with Gasteiger partial charge in [0.25, 0.3) is 0 Å². The molecule has 2 aromatic heterocycles. The van der Waals surface area contributed by atoms with E-state index in [1.54, 1.807) is 79.9 Å². The standard InChI is InChI=1S/C23H2F4I3N3O2/c24-16-9(28)1-7-13-12(6(3-31)4-32)22-14(8-2-10(29)17(25)19(27)21(8)34-22)15(11(30)5-33)23(13)35-20(7)18(16)26/h1-2H/b15-11-. The van der Waals surface area contributed by atoms with Gasteiger partial charge in [0.05, 0.1) is 17.6 Å². The highest BCUT2D eigenvalue weighted by Gasteiger charge is 2.27. The number of fused-ring (bicyclic) bond motifs is 6. The lowest BCUT2D eigenvalue weighted by atomic mass is 10.0. The predicted molar refractivity (Wildman–Crippen MR) is 143 cm³/mol. The van der Waals surface area contributed by atoms with E-state index in [0.717, 1.165) is 0 Å². The number of rotatable bonds is 0. The van der Waals surface area contributed by atoms with Crippen molar-refractivity contribution in [2.24, 2.45) is 0 Å². The Balaban J connectivity index is 2.36. The number of hydrogen-bond donors (Lipinski definition) is 0. The molecule has 0 spiro atoms. The second-order valence-electron chi connectivity index (χ2n) is 7.11. The molecule has 0 saturated heterocycles. The molecule has 0 fully saturated rings. The SMILES string of the molecule is N#CC(C#N)=c1c2oc3c(F)c(F)c(I)cc3c2/c(=C(/I)C#N)c2oc3c(F)c(F)c(I)cc3c12. The fourth-order valence-corrected chi connectivity index (χ4v) is 5.61. The van der Waals surface area contributed by atoms with E-state index >= 15 is 0 Å². The summed E-state index contributed by atoms with van der Waals surface area (Å²) in [6.45, 7) is 0. The van der Waals surface area contributed by atoms with Gasteiger partial charge in [-0.05, 0) is 79.9 Å². The van der Waals surface area contributed by atoms with Gasteiger partial charge < -0.3 is 8.83 Å². The van der Waals surface area contributed by atoms with E-state index in [-0.39, 0.29) is 53.9 Å². The van der Waals surface area contributed by atoms with Crippen LogP contribution >= 0.6 is 67.8 Å². The second-order valence-corrected chi connectivity index (χ2v) is 10.5. The van der Waals surface area contributed by atoms with E-state index in [1.165, 1.54) is 12.1 Å². The Hall–Kier alpha value is -2.62. The van der Waals surface area contributed by atoms with Gasteiger partial charge in [-0.25, -0.2) is 8.78 Å². The van der Waals surface area contributed by atoms with Crippen molar-refractivity contribution in [3.8, 4) is 18.2 Å². The molecular formula is C23H2F4I3N3O2. The summed E-state index contributed by atoms with van der Waals surface area (Å²) in [6, 6.07) is 7.95. The maximum Gasteiger partial charge on any atom is 0.203 e. The summed E-state index contributed by atoms with van der Waals surface area (Å²) in [4.78, 5) is 0. The van der Waals surface area contributed by atoms with Gasteiger partial charge in [-0.2, -0.15) is 24.6 Å². The highest BCUT2D eigenvalue weighted by atomic mass is 127. The molecule has 0 bridgehead atoms. The van der Waals surface area contributed by atoms with E-state index in [2.05, 4.69) is 0 Å². The van der Waals surface area contributed by atoms with Gasteiger partial charge in [-0.15, -0.1) is 0 Å². The number of halogens is 7. The zero-order chi connectivity index (χ0) is 25.3. The molecule has 12 heteroatoms. The normalized spacial score (nSPS) is 12.2. The quantitative estimate of drug-likeness (QED) is 0.101. The van der Waals surface area contributed by atoms with Crippen LogP contribution in [-0.2, 0) is 0 Å². The first kappa shape index (κ1) is 24.1.